The summed E-state index contributed by atoms with van der Waals surface area (Å²) < 4.78 is 15.8. The summed E-state index contributed by atoms with van der Waals surface area (Å²) in [6.07, 6.45) is 1.17. The Morgan fingerprint density at radius 1 is 1.12 bits per heavy atom. The number of aromatic nitrogens is 1. The van der Waals surface area contributed by atoms with Crippen LogP contribution >= 0.6 is 11.3 Å². The largest absolute Gasteiger partial charge is 0.493 e. The molecule has 3 amide bonds. The molecule has 34 heavy (non-hydrogen) atoms. The average Bonchev–Trinajstić information content (AvgIpc) is 3.22. The highest BCUT2D eigenvalue weighted by molar-refractivity contribution is 7.15. The fraction of sp³-hybridized carbons (Fsp3) is 0.478. The molecule has 2 heterocycles. The predicted octanol–water partition coefficient (Wildman–Crippen LogP) is 2.47. The Kier molecular flexibility index (Phi) is 8.32. The lowest BCUT2D eigenvalue weighted by atomic mass is 10.1. The minimum Gasteiger partial charge on any atom is -0.493 e. The Hall–Kier alpha value is -3.34. The molecule has 1 aromatic heterocycles. The van der Waals surface area contributed by atoms with E-state index in [0.717, 1.165) is 10.6 Å². The molecule has 10 nitrogen and oxygen atoms in total. The SMILES string of the molecule is COc1cc(C(=O)NCC(=O)Nc2nc3c(s2)CN(C(=O)CC(C)C)CC3)cc(OC)c1OC. The molecule has 184 valence electrons. The molecule has 1 aliphatic rings. The molecule has 0 saturated heterocycles. The smallest absolute Gasteiger partial charge is 0.251 e. The zero-order valence-corrected chi connectivity index (χ0v) is 20.8. The van der Waals surface area contributed by atoms with Gasteiger partial charge in [0.1, 0.15) is 0 Å². The molecular weight excluding hydrogens is 460 g/mol. The van der Waals surface area contributed by atoms with Crippen LogP contribution in [0.25, 0.3) is 0 Å². The summed E-state index contributed by atoms with van der Waals surface area (Å²) in [7, 11) is 4.39. The summed E-state index contributed by atoms with van der Waals surface area (Å²) in [4.78, 5) is 44.6. The molecule has 0 unspecified atom stereocenters. The number of anilines is 1. The molecule has 0 aliphatic carbocycles. The number of hydrogen-bond acceptors (Lipinski definition) is 8. The first kappa shape index (κ1) is 25.3. The highest BCUT2D eigenvalue weighted by atomic mass is 32.1. The van der Waals surface area contributed by atoms with Crippen LogP contribution in [0.4, 0.5) is 5.13 Å². The molecular formula is C23H30N4O6S. The second-order valence-corrected chi connectivity index (χ2v) is 9.28. The van der Waals surface area contributed by atoms with Crippen molar-refractivity contribution in [1.82, 2.24) is 15.2 Å². The van der Waals surface area contributed by atoms with Crippen molar-refractivity contribution in [3.63, 3.8) is 0 Å². The first-order valence-electron chi connectivity index (χ1n) is 10.9. The van der Waals surface area contributed by atoms with E-state index < -0.39 is 11.8 Å². The summed E-state index contributed by atoms with van der Waals surface area (Å²) in [6, 6.07) is 3.02. The van der Waals surface area contributed by atoms with Gasteiger partial charge >= 0.3 is 0 Å². The van der Waals surface area contributed by atoms with Crippen molar-refractivity contribution in [3.8, 4) is 17.2 Å². The fourth-order valence-corrected chi connectivity index (χ4v) is 4.62. The van der Waals surface area contributed by atoms with Crippen molar-refractivity contribution < 1.29 is 28.6 Å². The topological polar surface area (TPSA) is 119 Å². The highest BCUT2D eigenvalue weighted by Gasteiger charge is 2.25. The summed E-state index contributed by atoms with van der Waals surface area (Å²) in [5.41, 5.74) is 1.16. The maximum Gasteiger partial charge on any atom is 0.251 e. The van der Waals surface area contributed by atoms with E-state index in [2.05, 4.69) is 15.6 Å². The van der Waals surface area contributed by atoms with Gasteiger partial charge in [-0.3, -0.25) is 14.4 Å². The molecule has 0 bridgehead atoms. The Bertz CT molecular complexity index is 1040. The molecule has 0 spiro atoms. The zero-order chi connectivity index (χ0) is 24.8. The van der Waals surface area contributed by atoms with E-state index in [1.54, 1.807) is 0 Å². The van der Waals surface area contributed by atoms with Gasteiger partial charge in [0, 0.05) is 29.8 Å². The van der Waals surface area contributed by atoms with Gasteiger partial charge in [-0.2, -0.15) is 0 Å². The Labute approximate surface area is 202 Å². The van der Waals surface area contributed by atoms with Crippen LogP contribution in [0.3, 0.4) is 0 Å². The Morgan fingerprint density at radius 2 is 1.79 bits per heavy atom. The van der Waals surface area contributed by atoms with Gasteiger partial charge in [0.15, 0.2) is 16.6 Å². The number of rotatable bonds is 9. The van der Waals surface area contributed by atoms with E-state index >= 15 is 0 Å². The summed E-state index contributed by atoms with van der Waals surface area (Å²) >= 11 is 1.35. The van der Waals surface area contributed by atoms with E-state index in [9.17, 15) is 14.4 Å². The van der Waals surface area contributed by atoms with Crippen LogP contribution in [0.15, 0.2) is 12.1 Å². The zero-order valence-electron chi connectivity index (χ0n) is 20.0. The molecule has 0 saturated carbocycles. The van der Waals surface area contributed by atoms with Gasteiger partial charge in [-0.15, -0.1) is 0 Å². The van der Waals surface area contributed by atoms with Crippen molar-refractivity contribution >= 4 is 34.2 Å². The summed E-state index contributed by atoms with van der Waals surface area (Å²) in [5.74, 6) is 0.620. The minimum absolute atomic E-state index is 0.133. The number of carbonyl (C=O) groups is 3. The van der Waals surface area contributed by atoms with Gasteiger partial charge in [0.25, 0.3) is 5.91 Å². The molecule has 2 N–H and O–H groups in total. The number of fused-ring (bicyclic) bond motifs is 1. The lowest BCUT2D eigenvalue weighted by molar-refractivity contribution is -0.132. The minimum atomic E-state index is -0.466. The van der Waals surface area contributed by atoms with E-state index in [0.29, 0.717) is 54.2 Å². The van der Waals surface area contributed by atoms with Crippen LogP contribution in [0.5, 0.6) is 17.2 Å². The van der Waals surface area contributed by atoms with Gasteiger partial charge in [0.2, 0.25) is 17.6 Å². The highest BCUT2D eigenvalue weighted by Crippen LogP contribution is 2.38. The number of thiazole rings is 1. The van der Waals surface area contributed by atoms with E-state index in [1.807, 2.05) is 18.7 Å². The van der Waals surface area contributed by atoms with Crippen LogP contribution in [0.1, 0.15) is 41.2 Å². The summed E-state index contributed by atoms with van der Waals surface area (Å²) in [5, 5.41) is 5.76. The fourth-order valence-electron chi connectivity index (χ4n) is 3.58. The molecule has 1 aromatic carbocycles. The van der Waals surface area contributed by atoms with E-state index in [1.165, 1.54) is 44.8 Å². The maximum absolute atomic E-state index is 12.6. The van der Waals surface area contributed by atoms with Gasteiger partial charge in [-0.05, 0) is 18.1 Å². The molecule has 1 aliphatic heterocycles. The average molecular weight is 491 g/mol. The van der Waals surface area contributed by atoms with Crippen molar-refractivity contribution in [1.29, 1.82) is 0 Å². The molecule has 0 fully saturated rings. The van der Waals surface area contributed by atoms with Crippen LogP contribution in [0.2, 0.25) is 0 Å². The quantitative estimate of drug-likeness (QED) is 0.554. The van der Waals surface area contributed by atoms with Crippen molar-refractivity contribution in [2.45, 2.75) is 33.2 Å². The molecule has 3 rings (SSSR count). The lowest BCUT2D eigenvalue weighted by Gasteiger charge is -2.26. The molecule has 2 aromatic rings. The third kappa shape index (κ3) is 5.96. The first-order chi connectivity index (χ1) is 16.2. The number of nitrogens with one attached hydrogen (secondary N) is 2. The number of carbonyl (C=O) groups excluding carboxylic acids is 3. The standard InChI is InChI=1S/C23H30N4O6S/c1-13(2)8-20(29)27-7-6-15-18(12-27)34-23(25-15)26-19(28)11-24-22(30)14-9-16(31-3)21(33-5)17(10-14)32-4/h9-10,13H,6-8,11-12H2,1-5H3,(H,24,30)(H,25,26,28). The van der Waals surface area contributed by atoms with E-state index in [-0.39, 0.29) is 18.0 Å². The number of nitrogens with zero attached hydrogens (tertiary/aromatic N) is 2. The van der Waals surface area contributed by atoms with Crippen LogP contribution in [-0.4, -0.2) is 62.0 Å². The van der Waals surface area contributed by atoms with Gasteiger partial charge in [-0.1, -0.05) is 25.2 Å². The van der Waals surface area contributed by atoms with Crippen molar-refractivity contribution in [2.75, 3.05) is 39.7 Å². The Morgan fingerprint density at radius 3 is 2.38 bits per heavy atom. The monoisotopic (exact) mass is 490 g/mol. The van der Waals surface area contributed by atoms with Crippen LogP contribution < -0.4 is 24.8 Å². The van der Waals surface area contributed by atoms with Gasteiger partial charge in [-0.25, -0.2) is 4.98 Å². The number of benzene rings is 1. The van der Waals surface area contributed by atoms with Crippen molar-refractivity contribution in [3.05, 3.63) is 28.3 Å². The molecule has 11 heteroatoms. The number of ether oxygens (including phenoxy) is 3. The van der Waals surface area contributed by atoms with Crippen molar-refractivity contribution in [2.24, 2.45) is 5.92 Å². The third-order valence-electron chi connectivity index (χ3n) is 5.25. The van der Waals surface area contributed by atoms with Crippen LogP contribution in [-0.2, 0) is 22.6 Å². The number of amides is 3. The van der Waals surface area contributed by atoms with Gasteiger partial charge in [0.05, 0.1) is 40.1 Å². The second kappa shape index (κ2) is 11.2. The Balaban J connectivity index is 1.58. The second-order valence-electron chi connectivity index (χ2n) is 8.20. The normalized spacial score (nSPS) is 12.7. The maximum atomic E-state index is 12.6. The molecule has 0 atom stereocenters. The third-order valence-corrected chi connectivity index (χ3v) is 6.25. The predicted molar refractivity (Wildman–Crippen MR) is 128 cm³/mol. The molecule has 0 radical (unpaired) electrons. The lowest BCUT2D eigenvalue weighted by Crippen LogP contribution is -2.36. The van der Waals surface area contributed by atoms with Crippen LogP contribution in [0, 0.1) is 5.92 Å². The number of methoxy groups -OCH3 is 3. The number of hydrogen-bond donors (Lipinski definition) is 2. The summed E-state index contributed by atoms with van der Waals surface area (Å²) in [6.45, 7) is 4.94. The first-order valence-corrected chi connectivity index (χ1v) is 11.7. The van der Waals surface area contributed by atoms with Gasteiger partial charge < -0.3 is 29.7 Å². The van der Waals surface area contributed by atoms with E-state index in [4.69, 9.17) is 14.2 Å².